The average molecular weight is 166 g/mol. The van der Waals surface area contributed by atoms with E-state index in [0.29, 0.717) is 5.88 Å². The first-order valence-corrected chi connectivity index (χ1v) is 3.84. The lowest BCUT2D eigenvalue weighted by Gasteiger charge is -1.92. The second kappa shape index (κ2) is 4.00. The van der Waals surface area contributed by atoms with E-state index in [1.807, 2.05) is 19.1 Å². The first-order valence-electron chi connectivity index (χ1n) is 3.31. The quantitative estimate of drug-likeness (QED) is 0.423. The van der Waals surface area contributed by atoms with Crippen LogP contribution in [0, 0.1) is 18.8 Å². The second-order valence-corrected chi connectivity index (χ2v) is 2.34. The van der Waals surface area contributed by atoms with Gasteiger partial charge in [-0.3, -0.25) is 4.98 Å². The van der Waals surface area contributed by atoms with E-state index < -0.39 is 0 Å². The number of nitrogens with zero attached hydrogens (tertiary/aromatic N) is 1. The molecule has 0 aliphatic heterocycles. The lowest BCUT2D eigenvalue weighted by Crippen LogP contribution is -1.84. The Bertz CT molecular complexity index is 296. The van der Waals surface area contributed by atoms with Crippen LogP contribution >= 0.6 is 11.6 Å². The van der Waals surface area contributed by atoms with Gasteiger partial charge in [-0.05, 0) is 19.1 Å². The Balaban J connectivity index is 2.95. The summed E-state index contributed by atoms with van der Waals surface area (Å²) in [4.78, 5) is 4.09. The van der Waals surface area contributed by atoms with Crippen LogP contribution in [-0.4, -0.2) is 10.9 Å². The number of hydrogen-bond acceptors (Lipinski definition) is 1. The Kier molecular flexibility index (Phi) is 2.95. The van der Waals surface area contributed by atoms with E-state index in [2.05, 4.69) is 16.8 Å². The van der Waals surface area contributed by atoms with Gasteiger partial charge in [0.05, 0.1) is 11.6 Å². The molecule has 0 bridgehead atoms. The first kappa shape index (κ1) is 8.10. The highest BCUT2D eigenvalue weighted by Gasteiger charge is 1.90. The first-order chi connectivity index (χ1) is 5.34. The number of alkyl halides is 1. The average Bonchev–Trinajstić information content (AvgIpc) is 2.03. The van der Waals surface area contributed by atoms with Crippen molar-refractivity contribution in [3.05, 3.63) is 29.6 Å². The maximum atomic E-state index is 5.41. The van der Waals surface area contributed by atoms with E-state index in [4.69, 9.17) is 11.6 Å². The van der Waals surface area contributed by atoms with Crippen molar-refractivity contribution in [1.29, 1.82) is 0 Å². The normalized spacial score (nSPS) is 8.55. The third kappa shape index (κ3) is 2.25. The Labute approximate surface area is 71.4 Å². The Morgan fingerprint density at radius 3 is 3.09 bits per heavy atom. The molecule has 0 aromatic carbocycles. The van der Waals surface area contributed by atoms with Crippen LogP contribution in [0.5, 0.6) is 0 Å². The van der Waals surface area contributed by atoms with Gasteiger partial charge >= 0.3 is 0 Å². The molecule has 1 nitrogen and oxygen atoms in total. The standard InChI is InChI=1S/C9H8ClN/c1-8-9(4-2-6-10)5-3-7-11-8/h3,5,7H,6H2,1H3. The molecule has 0 spiro atoms. The molecule has 0 N–H and O–H groups in total. The molecule has 0 unspecified atom stereocenters. The highest BCUT2D eigenvalue weighted by molar-refractivity contribution is 6.19. The topological polar surface area (TPSA) is 12.9 Å². The summed E-state index contributed by atoms with van der Waals surface area (Å²) in [6.07, 6.45) is 1.75. The van der Waals surface area contributed by atoms with Gasteiger partial charge in [0.25, 0.3) is 0 Å². The molecule has 0 atom stereocenters. The van der Waals surface area contributed by atoms with Crippen molar-refractivity contribution in [2.75, 3.05) is 5.88 Å². The molecule has 0 aliphatic rings. The highest BCUT2D eigenvalue weighted by Crippen LogP contribution is 2.00. The minimum atomic E-state index is 0.369. The fourth-order valence-electron chi connectivity index (χ4n) is 0.745. The van der Waals surface area contributed by atoms with Crippen molar-refractivity contribution >= 4 is 11.6 Å². The summed E-state index contributed by atoms with van der Waals surface area (Å²) in [7, 11) is 0. The molecule has 0 saturated carbocycles. The van der Waals surface area contributed by atoms with E-state index in [-0.39, 0.29) is 0 Å². The smallest absolute Gasteiger partial charge is 0.0839 e. The molecule has 1 aromatic rings. The number of halogens is 1. The van der Waals surface area contributed by atoms with Crippen LogP contribution in [0.2, 0.25) is 0 Å². The Morgan fingerprint density at radius 2 is 2.45 bits per heavy atom. The number of rotatable bonds is 0. The van der Waals surface area contributed by atoms with E-state index in [1.54, 1.807) is 6.20 Å². The van der Waals surface area contributed by atoms with Gasteiger partial charge in [-0.25, -0.2) is 0 Å². The predicted molar refractivity (Wildman–Crippen MR) is 46.6 cm³/mol. The van der Waals surface area contributed by atoms with Crippen molar-refractivity contribution in [3.63, 3.8) is 0 Å². The van der Waals surface area contributed by atoms with Crippen molar-refractivity contribution in [2.45, 2.75) is 6.92 Å². The fraction of sp³-hybridized carbons (Fsp3) is 0.222. The highest BCUT2D eigenvalue weighted by atomic mass is 35.5. The largest absolute Gasteiger partial charge is 0.260 e. The van der Waals surface area contributed by atoms with Gasteiger partial charge in [0, 0.05) is 11.8 Å². The van der Waals surface area contributed by atoms with Crippen LogP contribution in [-0.2, 0) is 0 Å². The number of hydrogen-bond donors (Lipinski definition) is 0. The third-order valence-corrected chi connectivity index (χ3v) is 1.43. The van der Waals surface area contributed by atoms with E-state index in [1.165, 1.54) is 0 Å². The minimum Gasteiger partial charge on any atom is -0.260 e. The molecule has 0 amide bonds. The zero-order valence-corrected chi connectivity index (χ0v) is 7.02. The molecule has 1 aromatic heterocycles. The number of aromatic nitrogens is 1. The number of pyridine rings is 1. The van der Waals surface area contributed by atoms with Gasteiger partial charge in [-0.1, -0.05) is 11.8 Å². The van der Waals surface area contributed by atoms with Crippen LogP contribution in [0.25, 0.3) is 0 Å². The van der Waals surface area contributed by atoms with Gasteiger partial charge in [0.15, 0.2) is 0 Å². The maximum absolute atomic E-state index is 5.41. The summed E-state index contributed by atoms with van der Waals surface area (Å²) in [5.41, 5.74) is 1.90. The van der Waals surface area contributed by atoms with Crippen molar-refractivity contribution < 1.29 is 0 Å². The molecular weight excluding hydrogens is 158 g/mol. The Hall–Kier alpha value is -1.00. The second-order valence-electron chi connectivity index (χ2n) is 2.07. The third-order valence-electron chi connectivity index (χ3n) is 1.30. The Morgan fingerprint density at radius 1 is 1.64 bits per heavy atom. The van der Waals surface area contributed by atoms with Crippen molar-refractivity contribution in [2.24, 2.45) is 0 Å². The monoisotopic (exact) mass is 165 g/mol. The molecule has 0 aliphatic carbocycles. The zero-order chi connectivity index (χ0) is 8.10. The van der Waals surface area contributed by atoms with Crippen LogP contribution in [0.4, 0.5) is 0 Å². The van der Waals surface area contributed by atoms with Crippen molar-refractivity contribution in [3.8, 4) is 11.8 Å². The summed E-state index contributed by atoms with van der Waals surface area (Å²) in [6, 6.07) is 3.80. The van der Waals surface area contributed by atoms with Gasteiger partial charge in [0.1, 0.15) is 0 Å². The van der Waals surface area contributed by atoms with Crippen LogP contribution in [0.15, 0.2) is 18.3 Å². The molecule has 1 heterocycles. The molecule has 0 radical (unpaired) electrons. The molecule has 0 saturated heterocycles. The maximum Gasteiger partial charge on any atom is 0.0839 e. The molecule has 1 rings (SSSR count). The SMILES string of the molecule is Cc1ncccc1C#CCCl. The van der Waals surface area contributed by atoms with Gasteiger partial charge in [-0.15, -0.1) is 11.6 Å². The zero-order valence-electron chi connectivity index (χ0n) is 6.26. The summed E-state index contributed by atoms with van der Waals surface area (Å²) < 4.78 is 0. The van der Waals surface area contributed by atoms with Gasteiger partial charge < -0.3 is 0 Å². The minimum absolute atomic E-state index is 0.369. The van der Waals surface area contributed by atoms with E-state index >= 15 is 0 Å². The van der Waals surface area contributed by atoms with Crippen LogP contribution < -0.4 is 0 Å². The predicted octanol–water partition coefficient (Wildman–Crippen LogP) is 1.98. The van der Waals surface area contributed by atoms with Crippen LogP contribution in [0.1, 0.15) is 11.3 Å². The summed E-state index contributed by atoms with van der Waals surface area (Å²) in [6.45, 7) is 1.93. The summed E-state index contributed by atoms with van der Waals surface area (Å²) in [5, 5.41) is 0. The van der Waals surface area contributed by atoms with Gasteiger partial charge in [-0.2, -0.15) is 0 Å². The van der Waals surface area contributed by atoms with Gasteiger partial charge in [0.2, 0.25) is 0 Å². The van der Waals surface area contributed by atoms with Crippen LogP contribution in [0.3, 0.4) is 0 Å². The van der Waals surface area contributed by atoms with Crippen molar-refractivity contribution in [1.82, 2.24) is 4.98 Å². The lowest BCUT2D eigenvalue weighted by atomic mass is 10.2. The molecule has 11 heavy (non-hydrogen) atoms. The van der Waals surface area contributed by atoms with E-state index in [0.717, 1.165) is 11.3 Å². The fourth-order valence-corrected chi connectivity index (χ4v) is 0.812. The molecular formula is C9H8ClN. The summed E-state index contributed by atoms with van der Waals surface area (Å²) in [5.74, 6) is 6.07. The van der Waals surface area contributed by atoms with E-state index in [9.17, 15) is 0 Å². The molecule has 0 fully saturated rings. The molecule has 2 heteroatoms. The lowest BCUT2D eigenvalue weighted by molar-refractivity contribution is 1.19. The summed E-state index contributed by atoms with van der Waals surface area (Å²) >= 11 is 5.41. The number of aryl methyl sites for hydroxylation is 1. The molecule has 56 valence electrons.